The Hall–Kier alpha value is -1.82. The van der Waals surface area contributed by atoms with Gasteiger partial charge in [-0.05, 0) is 27.2 Å². The van der Waals surface area contributed by atoms with E-state index in [4.69, 9.17) is 16.1 Å². The van der Waals surface area contributed by atoms with Gasteiger partial charge in [0, 0.05) is 18.7 Å². The lowest BCUT2D eigenvalue weighted by Gasteiger charge is -2.28. The largest absolute Gasteiger partial charge is 0.361 e. The number of hydrogen-bond donors (Lipinski definition) is 0. The van der Waals surface area contributed by atoms with Gasteiger partial charge in [0.15, 0.2) is 5.82 Å². The Kier molecular flexibility index (Phi) is 3.49. The van der Waals surface area contributed by atoms with E-state index in [9.17, 15) is 4.79 Å². The Morgan fingerprint density at radius 2 is 2.05 bits per heavy atom. The van der Waals surface area contributed by atoms with Crippen LogP contribution in [0.15, 0.2) is 4.52 Å². The summed E-state index contributed by atoms with van der Waals surface area (Å²) in [7, 11) is 0. The van der Waals surface area contributed by atoms with Crippen molar-refractivity contribution in [2.45, 2.75) is 40.2 Å². The van der Waals surface area contributed by atoms with Crippen LogP contribution < -0.4 is 4.90 Å². The summed E-state index contributed by atoms with van der Waals surface area (Å²) in [5, 5.41) is 8.82. The number of rotatable bonds is 2. The molecule has 1 amide bonds. The molecule has 0 unspecified atom stereocenters. The third kappa shape index (κ3) is 2.33. The smallest absolute Gasteiger partial charge is 0.232 e. The van der Waals surface area contributed by atoms with Crippen LogP contribution in [0.3, 0.4) is 0 Å². The molecule has 0 fully saturated rings. The number of fused-ring (bicyclic) bond motifs is 1. The number of amides is 1. The SMILES string of the molecule is Cc1nn2c(c1Cl)N(C(=O)Cc1c(C)noc1C)CCC2. The highest BCUT2D eigenvalue weighted by Gasteiger charge is 2.29. The van der Waals surface area contributed by atoms with Crippen molar-refractivity contribution in [1.29, 1.82) is 0 Å². The number of aryl methyl sites for hydroxylation is 4. The van der Waals surface area contributed by atoms with E-state index < -0.39 is 0 Å². The van der Waals surface area contributed by atoms with Gasteiger partial charge in [0.05, 0.1) is 17.8 Å². The number of anilines is 1. The summed E-state index contributed by atoms with van der Waals surface area (Å²) in [5.74, 6) is 1.39. The second-order valence-corrected chi connectivity index (χ2v) is 5.70. The summed E-state index contributed by atoms with van der Waals surface area (Å²) >= 11 is 6.30. The topological polar surface area (TPSA) is 64.2 Å². The second-order valence-electron chi connectivity index (χ2n) is 5.32. The third-order valence-electron chi connectivity index (χ3n) is 3.85. The molecule has 0 radical (unpaired) electrons. The van der Waals surface area contributed by atoms with Crippen molar-refractivity contribution in [3.63, 3.8) is 0 Å². The molecule has 112 valence electrons. The molecule has 2 aromatic heterocycles. The first-order valence-corrected chi connectivity index (χ1v) is 7.32. The Balaban J connectivity index is 1.90. The highest BCUT2D eigenvalue weighted by atomic mass is 35.5. The summed E-state index contributed by atoms with van der Waals surface area (Å²) in [6.07, 6.45) is 1.14. The first-order chi connectivity index (χ1) is 9.99. The molecule has 0 saturated heterocycles. The van der Waals surface area contributed by atoms with Crippen LogP contribution >= 0.6 is 11.6 Å². The highest BCUT2D eigenvalue weighted by Crippen LogP contribution is 2.32. The van der Waals surface area contributed by atoms with Crippen LogP contribution in [-0.4, -0.2) is 27.4 Å². The number of hydrogen-bond acceptors (Lipinski definition) is 4. The molecule has 7 heteroatoms. The minimum Gasteiger partial charge on any atom is -0.361 e. The summed E-state index contributed by atoms with van der Waals surface area (Å²) in [5.41, 5.74) is 2.36. The molecule has 0 N–H and O–H groups in total. The Morgan fingerprint density at radius 3 is 2.71 bits per heavy atom. The average molecular weight is 309 g/mol. The van der Waals surface area contributed by atoms with Crippen LogP contribution in [0.4, 0.5) is 5.82 Å². The van der Waals surface area contributed by atoms with E-state index in [0.717, 1.165) is 29.9 Å². The first kappa shape index (κ1) is 14.1. The van der Waals surface area contributed by atoms with Crippen molar-refractivity contribution in [3.05, 3.63) is 27.7 Å². The van der Waals surface area contributed by atoms with E-state index in [2.05, 4.69) is 10.3 Å². The van der Waals surface area contributed by atoms with Gasteiger partial charge < -0.3 is 4.52 Å². The lowest BCUT2D eigenvalue weighted by Crippen LogP contribution is -2.38. The third-order valence-corrected chi connectivity index (χ3v) is 4.29. The molecule has 1 aliphatic rings. The molecule has 0 spiro atoms. The Morgan fingerprint density at radius 1 is 1.29 bits per heavy atom. The van der Waals surface area contributed by atoms with E-state index in [1.165, 1.54) is 0 Å². The normalized spacial score (nSPS) is 14.4. The quantitative estimate of drug-likeness (QED) is 0.854. The number of carbonyl (C=O) groups is 1. The fourth-order valence-corrected chi connectivity index (χ4v) is 2.93. The van der Waals surface area contributed by atoms with E-state index in [1.807, 2.05) is 25.5 Å². The lowest BCUT2D eigenvalue weighted by atomic mass is 10.1. The van der Waals surface area contributed by atoms with Crippen molar-refractivity contribution in [3.8, 4) is 0 Å². The van der Waals surface area contributed by atoms with Crippen molar-refractivity contribution < 1.29 is 9.32 Å². The van der Waals surface area contributed by atoms with Gasteiger partial charge in [-0.3, -0.25) is 9.69 Å². The van der Waals surface area contributed by atoms with Gasteiger partial charge in [-0.2, -0.15) is 5.10 Å². The minimum atomic E-state index is -0.00727. The molecule has 0 bridgehead atoms. The Bertz CT molecular complexity index is 685. The predicted molar refractivity (Wildman–Crippen MR) is 78.6 cm³/mol. The fraction of sp³-hybridized carbons (Fsp3) is 0.500. The molecule has 3 heterocycles. The van der Waals surface area contributed by atoms with Crippen molar-refractivity contribution in [2.75, 3.05) is 11.4 Å². The van der Waals surface area contributed by atoms with Crippen LogP contribution in [0.2, 0.25) is 5.02 Å². The van der Waals surface area contributed by atoms with Crippen LogP contribution in [0, 0.1) is 20.8 Å². The predicted octanol–water partition coefficient (Wildman–Crippen LogP) is 2.43. The number of carbonyl (C=O) groups excluding carboxylic acids is 1. The molecule has 0 aromatic carbocycles. The number of nitrogens with zero attached hydrogens (tertiary/aromatic N) is 4. The standard InChI is InChI=1S/C14H17ClN4O2/c1-8-11(10(3)21-17-8)7-12(20)18-5-4-6-19-14(18)13(15)9(2)16-19/h4-7H2,1-3H3. The molecule has 0 atom stereocenters. The van der Waals surface area contributed by atoms with E-state index in [-0.39, 0.29) is 12.3 Å². The monoisotopic (exact) mass is 308 g/mol. The van der Waals surface area contributed by atoms with Crippen molar-refractivity contribution in [1.82, 2.24) is 14.9 Å². The van der Waals surface area contributed by atoms with Crippen LogP contribution in [-0.2, 0) is 17.8 Å². The zero-order valence-electron chi connectivity index (χ0n) is 12.3. The Labute approximate surface area is 127 Å². The summed E-state index contributed by atoms with van der Waals surface area (Å²) < 4.78 is 6.93. The van der Waals surface area contributed by atoms with Gasteiger partial charge in [0.25, 0.3) is 0 Å². The zero-order chi connectivity index (χ0) is 15.1. The molecule has 6 nitrogen and oxygen atoms in total. The maximum absolute atomic E-state index is 12.7. The molecule has 2 aromatic rings. The lowest BCUT2D eigenvalue weighted by molar-refractivity contribution is -0.118. The number of aromatic nitrogens is 3. The molecular formula is C14H17ClN4O2. The van der Waals surface area contributed by atoms with Gasteiger partial charge in [-0.25, -0.2) is 4.68 Å². The van der Waals surface area contributed by atoms with E-state index in [1.54, 1.807) is 4.90 Å². The zero-order valence-corrected chi connectivity index (χ0v) is 13.1. The van der Waals surface area contributed by atoms with E-state index in [0.29, 0.717) is 23.1 Å². The fourth-order valence-electron chi connectivity index (χ4n) is 2.69. The van der Waals surface area contributed by atoms with Gasteiger partial charge in [-0.15, -0.1) is 0 Å². The molecule has 0 saturated carbocycles. The first-order valence-electron chi connectivity index (χ1n) is 6.94. The van der Waals surface area contributed by atoms with Gasteiger partial charge >= 0.3 is 0 Å². The van der Waals surface area contributed by atoms with Crippen molar-refractivity contribution >= 4 is 23.3 Å². The second kappa shape index (κ2) is 5.18. The van der Waals surface area contributed by atoms with Crippen LogP contribution in [0.1, 0.15) is 29.1 Å². The molecule has 3 rings (SSSR count). The maximum Gasteiger partial charge on any atom is 0.232 e. The summed E-state index contributed by atoms with van der Waals surface area (Å²) in [6.45, 7) is 6.96. The number of halogens is 1. The summed E-state index contributed by atoms with van der Waals surface area (Å²) in [4.78, 5) is 14.4. The van der Waals surface area contributed by atoms with Crippen LogP contribution in [0.5, 0.6) is 0 Å². The van der Waals surface area contributed by atoms with Gasteiger partial charge in [0.1, 0.15) is 10.8 Å². The maximum atomic E-state index is 12.7. The van der Waals surface area contributed by atoms with Crippen LogP contribution in [0.25, 0.3) is 0 Å². The van der Waals surface area contributed by atoms with E-state index >= 15 is 0 Å². The summed E-state index contributed by atoms with van der Waals surface area (Å²) in [6, 6.07) is 0. The molecule has 1 aliphatic heterocycles. The minimum absolute atomic E-state index is 0.00727. The van der Waals surface area contributed by atoms with Gasteiger partial charge in [-0.1, -0.05) is 16.8 Å². The molecule has 0 aliphatic carbocycles. The van der Waals surface area contributed by atoms with Gasteiger partial charge in [0.2, 0.25) is 5.91 Å². The molecular weight excluding hydrogens is 292 g/mol. The van der Waals surface area contributed by atoms with Crippen molar-refractivity contribution in [2.24, 2.45) is 0 Å². The highest BCUT2D eigenvalue weighted by molar-refractivity contribution is 6.34. The average Bonchev–Trinajstić information content (AvgIpc) is 2.93. The molecule has 21 heavy (non-hydrogen) atoms.